The fourth-order valence-corrected chi connectivity index (χ4v) is 3.30. The number of urea groups is 1. The summed E-state index contributed by atoms with van der Waals surface area (Å²) in [6.07, 6.45) is 1.47. The van der Waals surface area contributed by atoms with Crippen LogP contribution in [-0.2, 0) is 16.8 Å². The molecule has 28 heavy (non-hydrogen) atoms. The third-order valence-corrected chi connectivity index (χ3v) is 5.04. The van der Waals surface area contributed by atoms with Crippen molar-refractivity contribution < 1.29 is 9.59 Å². The average Bonchev–Trinajstić information content (AvgIpc) is 3.22. The summed E-state index contributed by atoms with van der Waals surface area (Å²) in [6, 6.07) is 9.41. The maximum Gasteiger partial charge on any atom is 0.321 e. The van der Waals surface area contributed by atoms with Crippen LogP contribution in [0.25, 0.3) is 0 Å². The Morgan fingerprint density at radius 1 is 1.32 bits per heavy atom. The maximum absolute atomic E-state index is 12.5. The van der Waals surface area contributed by atoms with Crippen LogP contribution in [0.2, 0.25) is 0 Å². The number of aromatic nitrogens is 2. The quantitative estimate of drug-likeness (QED) is 0.840. The lowest BCUT2D eigenvalue weighted by atomic mass is 9.92. The minimum absolute atomic E-state index is 0.0362. The molecule has 1 atom stereocenters. The number of hydrogen-bond donors (Lipinski definition) is 2. The Morgan fingerprint density at radius 2 is 2.00 bits per heavy atom. The summed E-state index contributed by atoms with van der Waals surface area (Å²) in [5.41, 5.74) is 3.39. The van der Waals surface area contributed by atoms with Gasteiger partial charge in [0.05, 0.1) is 17.9 Å². The highest BCUT2D eigenvalue weighted by atomic mass is 16.2. The molecule has 0 bridgehead atoms. The highest BCUT2D eigenvalue weighted by molar-refractivity contribution is 5.96. The third kappa shape index (κ3) is 4.35. The van der Waals surface area contributed by atoms with Gasteiger partial charge in [-0.25, -0.2) is 4.79 Å². The SMILES string of the molecule is C[C@H]1CCC(=O)N1c1ccc(NC(=O)N(C)Cc2cc(C(C)(C)C)n[nH]2)cc1. The Hall–Kier alpha value is -2.83. The number of aromatic amines is 1. The van der Waals surface area contributed by atoms with Crippen molar-refractivity contribution in [2.45, 2.75) is 58.5 Å². The van der Waals surface area contributed by atoms with Gasteiger partial charge >= 0.3 is 6.03 Å². The number of benzene rings is 1. The van der Waals surface area contributed by atoms with E-state index >= 15 is 0 Å². The number of hydrogen-bond acceptors (Lipinski definition) is 3. The van der Waals surface area contributed by atoms with Crippen molar-refractivity contribution in [3.8, 4) is 0 Å². The van der Waals surface area contributed by atoms with Crippen LogP contribution in [0.1, 0.15) is 51.9 Å². The van der Waals surface area contributed by atoms with Crippen LogP contribution < -0.4 is 10.2 Å². The molecular weight excluding hydrogens is 354 g/mol. The molecule has 1 aromatic carbocycles. The van der Waals surface area contributed by atoms with Gasteiger partial charge in [-0.2, -0.15) is 5.10 Å². The first-order valence-electron chi connectivity index (χ1n) is 9.64. The number of carbonyl (C=O) groups excluding carboxylic acids is 2. The molecule has 0 spiro atoms. The van der Waals surface area contributed by atoms with Crippen LogP contribution in [0.15, 0.2) is 30.3 Å². The number of rotatable bonds is 4. The zero-order chi connectivity index (χ0) is 20.5. The molecule has 1 fully saturated rings. The summed E-state index contributed by atoms with van der Waals surface area (Å²) in [5.74, 6) is 0.151. The van der Waals surface area contributed by atoms with E-state index in [-0.39, 0.29) is 23.4 Å². The third-order valence-electron chi connectivity index (χ3n) is 5.04. The van der Waals surface area contributed by atoms with Crippen molar-refractivity contribution in [1.29, 1.82) is 0 Å². The normalized spacial score (nSPS) is 17.1. The summed E-state index contributed by atoms with van der Waals surface area (Å²) >= 11 is 0. The topological polar surface area (TPSA) is 81.3 Å². The molecule has 7 heteroatoms. The van der Waals surface area contributed by atoms with Gasteiger partial charge in [0.1, 0.15) is 0 Å². The molecule has 0 saturated carbocycles. The zero-order valence-corrected chi connectivity index (χ0v) is 17.2. The second-order valence-electron chi connectivity index (χ2n) is 8.51. The van der Waals surface area contributed by atoms with Gasteiger partial charge in [0.15, 0.2) is 0 Å². The van der Waals surface area contributed by atoms with Crippen LogP contribution in [0, 0.1) is 0 Å². The van der Waals surface area contributed by atoms with Crippen LogP contribution >= 0.6 is 0 Å². The number of H-pyrrole nitrogens is 1. The molecule has 3 rings (SSSR count). The molecule has 7 nitrogen and oxygen atoms in total. The Morgan fingerprint density at radius 3 is 2.54 bits per heavy atom. The predicted molar refractivity (Wildman–Crippen MR) is 110 cm³/mol. The molecule has 2 aromatic rings. The molecule has 1 aliphatic heterocycles. The second-order valence-corrected chi connectivity index (χ2v) is 8.51. The van der Waals surface area contributed by atoms with Gasteiger partial charge in [-0.1, -0.05) is 20.8 Å². The van der Waals surface area contributed by atoms with Gasteiger partial charge < -0.3 is 15.1 Å². The average molecular weight is 383 g/mol. The van der Waals surface area contributed by atoms with Crippen LogP contribution in [0.3, 0.4) is 0 Å². The highest BCUT2D eigenvalue weighted by Gasteiger charge is 2.28. The van der Waals surface area contributed by atoms with E-state index in [0.717, 1.165) is 23.5 Å². The number of amides is 3. The van der Waals surface area contributed by atoms with Crippen LogP contribution in [0.5, 0.6) is 0 Å². The molecule has 0 unspecified atom stereocenters. The van der Waals surface area contributed by atoms with Crippen molar-refractivity contribution >= 4 is 23.3 Å². The first kappa shape index (κ1) is 19.9. The number of nitrogens with zero attached hydrogens (tertiary/aromatic N) is 3. The smallest absolute Gasteiger partial charge is 0.321 e. The minimum atomic E-state index is -0.203. The van der Waals surface area contributed by atoms with E-state index < -0.39 is 0 Å². The van der Waals surface area contributed by atoms with Gasteiger partial charge in [0.2, 0.25) is 5.91 Å². The van der Waals surface area contributed by atoms with E-state index in [1.54, 1.807) is 11.9 Å². The van der Waals surface area contributed by atoms with E-state index in [9.17, 15) is 9.59 Å². The molecular formula is C21H29N5O2. The number of anilines is 2. The summed E-state index contributed by atoms with van der Waals surface area (Å²) in [4.78, 5) is 27.9. The summed E-state index contributed by atoms with van der Waals surface area (Å²) in [6.45, 7) is 8.79. The Bertz CT molecular complexity index is 850. The zero-order valence-electron chi connectivity index (χ0n) is 17.2. The van der Waals surface area contributed by atoms with Crippen LogP contribution in [0.4, 0.5) is 16.2 Å². The largest absolute Gasteiger partial charge is 0.322 e. The van der Waals surface area contributed by atoms with Crippen molar-refractivity contribution in [2.75, 3.05) is 17.3 Å². The highest BCUT2D eigenvalue weighted by Crippen LogP contribution is 2.27. The number of nitrogens with one attached hydrogen (secondary N) is 2. The second kappa shape index (κ2) is 7.66. The van der Waals surface area contributed by atoms with E-state index in [4.69, 9.17) is 0 Å². The Kier molecular flexibility index (Phi) is 5.45. The lowest BCUT2D eigenvalue weighted by molar-refractivity contribution is -0.117. The lowest BCUT2D eigenvalue weighted by Crippen LogP contribution is -2.31. The molecule has 3 amide bonds. The predicted octanol–water partition coefficient (Wildman–Crippen LogP) is 3.89. The molecule has 2 heterocycles. The Labute approximate surface area is 166 Å². The van der Waals surface area contributed by atoms with Crippen molar-refractivity contribution in [2.24, 2.45) is 0 Å². The fourth-order valence-electron chi connectivity index (χ4n) is 3.30. The molecule has 0 radical (unpaired) electrons. The Balaban J connectivity index is 1.59. The summed E-state index contributed by atoms with van der Waals surface area (Å²) < 4.78 is 0. The lowest BCUT2D eigenvalue weighted by Gasteiger charge is -2.22. The van der Waals surface area contributed by atoms with E-state index in [1.807, 2.05) is 35.2 Å². The first-order valence-corrected chi connectivity index (χ1v) is 9.64. The monoisotopic (exact) mass is 383 g/mol. The molecule has 1 aromatic heterocycles. The van der Waals surface area contributed by atoms with E-state index in [0.29, 0.717) is 18.7 Å². The summed E-state index contributed by atoms with van der Waals surface area (Å²) in [5, 5.41) is 10.2. The molecule has 1 saturated heterocycles. The van der Waals surface area contributed by atoms with Crippen molar-refractivity contribution in [1.82, 2.24) is 15.1 Å². The maximum atomic E-state index is 12.5. The standard InChI is InChI=1S/C21H29N5O2/c1-14-6-11-19(27)26(14)17-9-7-15(8-10-17)22-20(28)25(5)13-16-12-18(24-23-16)21(2,3)4/h7-10,12,14H,6,11,13H2,1-5H3,(H,22,28)(H,23,24)/t14-/m0/s1. The number of carbonyl (C=O) groups is 2. The molecule has 2 N–H and O–H groups in total. The van der Waals surface area contributed by atoms with Crippen LogP contribution in [-0.4, -0.2) is 40.1 Å². The van der Waals surface area contributed by atoms with Gasteiger partial charge in [0, 0.05) is 36.3 Å². The fraction of sp³-hybridized carbons (Fsp3) is 0.476. The molecule has 150 valence electrons. The molecule has 0 aliphatic carbocycles. The van der Waals surface area contributed by atoms with Gasteiger partial charge in [-0.05, 0) is 43.7 Å². The van der Waals surface area contributed by atoms with E-state index in [2.05, 4.69) is 43.2 Å². The first-order chi connectivity index (χ1) is 13.1. The van der Waals surface area contributed by atoms with Crippen molar-refractivity contribution in [3.63, 3.8) is 0 Å². The van der Waals surface area contributed by atoms with Gasteiger partial charge in [-0.3, -0.25) is 9.89 Å². The summed E-state index contributed by atoms with van der Waals surface area (Å²) in [7, 11) is 1.74. The minimum Gasteiger partial charge on any atom is -0.322 e. The van der Waals surface area contributed by atoms with Crippen molar-refractivity contribution in [3.05, 3.63) is 41.7 Å². The van der Waals surface area contributed by atoms with E-state index in [1.165, 1.54) is 0 Å². The molecule has 1 aliphatic rings. The van der Waals surface area contributed by atoms with Gasteiger partial charge in [-0.15, -0.1) is 0 Å². The van der Waals surface area contributed by atoms with Gasteiger partial charge in [0.25, 0.3) is 0 Å².